The molecule has 72 valence electrons. The molecule has 0 aliphatic heterocycles. The van der Waals surface area contributed by atoms with Gasteiger partial charge in [0.05, 0.1) is 3.79 Å². The van der Waals surface area contributed by atoms with E-state index in [1.807, 2.05) is 0 Å². The molecule has 2 nitrogen and oxygen atoms in total. The van der Waals surface area contributed by atoms with Crippen LogP contribution in [0.4, 0.5) is 4.39 Å². The lowest BCUT2D eigenvalue weighted by atomic mass is 10.2. The van der Waals surface area contributed by atoms with Crippen LogP contribution < -0.4 is 0 Å². The summed E-state index contributed by atoms with van der Waals surface area (Å²) < 4.78 is 14.4. The van der Waals surface area contributed by atoms with Crippen LogP contribution in [-0.2, 0) is 11.2 Å². The van der Waals surface area contributed by atoms with Crippen molar-refractivity contribution >= 4 is 49.2 Å². The van der Waals surface area contributed by atoms with Gasteiger partial charge in [0, 0.05) is 15.8 Å². The Morgan fingerprint density at radius 2 is 2.31 bits per heavy atom. The number of carboxylic acid groups (broad SMARTS) is 1. The van der Waals surface area contributed by atoms with Crippen LogP contribution in [-0.4, -0.2) is 17.2 Å². The summed E-state index contributed by atoms with van der Waals surface area (Å²) >= 11 is 7.81. The van der Waals surface area contributed by atoms with Gasteiger partial charge in [-0.2, -0.15) is 0 Å². The van der Waals surface area contributed by atoms with Crippen molar-refractivity contribution < 1.29 is 14.3 Å². The zero-order chi connectivity index (χ0) is 10.0. The van der Waals surface area contributed by atoms with Crippen LogP contribution in [0, 0.1) is 0 Å². The van der Waals surface area contributed by atoms with Gasteiger partial charge >= 0.3 is 5.97 Å². The van der Waals surface area contributed by atoms with Crippen molar-refractivity contribution in [1.29, 1.82) is 0 Å². The minimum atomic E-state index is -1.82. The fourth-order valence-electron chi connectivity index (χ4n) is 0.756. The maximum atomic E-state index is 12.7. The maximum absolute atomic E-state index is 12.7. The molecule has 1 N–H and O–H groups in total. The Kier molecular flexibility index (Phi) is 3.87. The fraction of sp³-hybridized carbons (Fsp3) is 0.286. The Hall–Kier alpha value is 0.0600. The highest BCUT2D eigenvalue weighted by atomic mass is 79.9. The third-order valence-electron chi connectivity index (χ3n) is 1.34. The normalized spacial score (nSPS) is 12.8. The molecule has 0 fully saturated rings. The number of carbonyl (C=O) groups is 1. The summed E-state index contributed by atoms with van der Waals surface area (Å²) in [7, 11) is 0. The number of alkyl halides is 1. The van der Waals surface area contributed by atoms with E-state index >= 15 is 0 Å². The molecule has 1 rings (SSSR count). The molecule has 0 aromatic carbocycles. The number of hydrogen-bond acceptors (Lipinski definition) is 2. The van der Waals surface area contributed by atoms with Crippen molar-refractivity contribution in [3.8, 4) is 0 Å². The van der Waals surface area contributed by atoms with E-state index in [-0.39, 0.29) is 6.42 Å². The molecule has 0 radical (unpaired) electrons. The van der Waals surface area contributed by atoms with Crippen molar-refractivity contribution in [2.24, 2.45) is 0 Å². The van der Waals surface area contributed by atoms with Gasteiger partial charge in [-0.15, -0.1) is 11.3 Å². The van der Waals surface area contributed by atoms with Crippen molar-refractivity contribution in [1.82, 2.24) is 0 Å². The number of aliphatic carboxylic acids is 1. The van der Waals surface area contributed by atoms with Crippen molar-refractivity contribution in [3.05, 3.63) is 19.2 Å². The average molecular weight is 332 g/mol. The Balaban J connectivity index is 2.69. The molecule has 0 bridgehead atoms. The Labute approximate surface area is 95.0 Å². The lowest BCUT2D eigenvalue weighted by Gasteiger charge is -1.98. The molecule has 1 aromatic heterocycles. The van der Waals surface area contributed by atoms with Gasteiger partial charge in [-0.25, -0.2) is 9.18 Å². The van der Waals surface area contributed by atoms with Crippen LogP contribution in [0.3, 0.4) is 0 Å². The molecule has 1 unspecified atom stereocenters. The molecule has 1 heterocycles. The third kappa shape index (κ3) is 3.03. The van der Waals surface area contributed by atoms with Crippen LogP contribution in [0.25, 0.3) is 0 Å². The smallest absolute Gasteiger partial charge is 0.338 e. The molecule has 1 atom stereocenters. The third-order valence-corrected chi connectivity index (χ3v) is 4.62. The van der Waals surface area contributed by atoms with Gasteiger partial charge in [0.25, 0.3) is 0 Å². The minimum Gasteiger partial charge on any atom is -0.479 e. The molecule has 0 spiro atoms. The highest BCUT2D eigenvalue weighted by Crippen LogP contribution is 2.33. The monoisotopic (exact) mass is 330 g/mol. The molecule has 13 heavy (non-hydrogen) atoms. The summed E-state index contributed by atoms with van der Waals surface area (Å²) in [6.45, 7) is 0. The lowest BCUT2D eigenvalue weighted by molar-refractivity contribution is -0.142. The summed E-state index contributed by atoms with van der Waals surface area (Å²) in [6.07, 6.45) is -1.90. The predicted octanol–water partition coefficient (Wildman–Crippen LogP) is 3.24. The second-order valence-electron chi connectivity index (χ2n) is 2.34. The van der Waals surface area contributed by atoms with Gasteiger partial charge in [-0.05, 0) is 37.9 Å². The molecular weight excluding hydrogens is 327 g/mol. The lowest BCUT2D eigenvalue weighted by Crippen LogP contribution is -2.16. The summed E-state index contributed by atoms with van der Waals surface area (Å²) in [6, 6.07) is 1.71. The highest BCUT2D eigenvalue weighted by molar-refractivity contribution is 9.13. The minimum absolute atomic E-state index is 0.0792. The molecular formula is C7H5Br2FO2S. The van der Waals surface area contributed by atoms with Gasteiger partial charge in [-0.1, -0.05) is 0 Å². The zero-order valence-corrected chi connectivity index (χ0v) is 10.2. The highest BCUT2D eigenvalue weighted by Gasteiger charge is 2.17. The summed E-state index contributed by atoms with van der Waals surface area (Å²) in [5, 5.41) is 8.33. The number of thiophene rings is 1. The van der Waals surface area contributed by atoms with Crippen molar-refractivity contribution in [2.45, 2.75) is 12.6 Å². The van der Waals surface area contributed by atoms with E-state index in [1.165, 1.54) is 11.3 Å². The number of rotatable bonds is 3. The van der Waals surface area contributed by atoms with E-state index in [0.29, 0.717) is 4.88 Å². The van der Waals surface area contributed by atoms with Gasteiger partial charge in [0.15, 0.2) is 0 Å². The van der Waals surface area contributed by atoms with E-state index < -0.39 is 12.1 Å². The number of hydrogen-bond donors (Lipinski definition) is 1. The van der Waals surface area contributed by atoms with Crippen molar-refractivity contribution in [2.75, 3.05) is 0 Å². The molecule has 0 aliphatic carbocycles. The van der Waals surface area contributed by atoms with E-state index in [0.717, 1.165) is 8.26 Å². The van der Waals surface area contributed by atoms with Crippen LogP contribution in [0.2, 0.25) is 0 Å². The molecule has 6 heteroatoms. The first-order valence-electron chi connectivity index (χ1n) is 3.31. The predicted molar refractivity (Wildman–Crippen MR) is 56.0 cm³/mol. The first-order valence-corrected chi connectivity index (χ1v) is 5.71. The molecule has 0 aliphatic rings. The van der Waals surface area contributed by atoms with Gasteiger partial charge in [-0.3, -0.25) is 0 Å². The van der Waals surface area contributed by atoms with Crippen LogP contribution in [0.5, 0.6) is 0 Å². The summed E-state index contributed by atoms with van der Waals surface area (Å²) in [5.74, 6) is -1.42. The molecule has 0 amide bonds. The van der Waals surface area contributed by atoms with E-state index in [9.17, 15) is 9.18 Å². The molecule has 0 saturated carbocycles. The Morgan fingerprint density at radius 3 is 2.69 bits per heavy atom. The van der Waals surface area contributed by atoms with Crippen molar-refractivity contribution in [3.63, 3.8) is 0 Å². The topological polar surface area (TPSA) is 37.3 Å². The summed E-state index contributed by atoms with van der Waals surface area (Å²) in [5.41, 5.74) is 0. The van der Waals surface area contributed by atoms with E-state index in [2.05, 4.69) is 31.9 Å². The Bertz CT molecular complexity index is 307. The second kappa shape index (κ2) is 4.52. The first-order chi connectivity index (χ1) is 6.00. The summed E-state index contributed by atoms with van der Waals surface area (Å²) in [4.78, 5) is 10.9. The fourth-order valence-corrected chi connectivity index (χ4v) is 2.96. The second-order valence-corrected chi connectivity index (χ2v) is 5.65. The van der Waals surface area contributed by atoms with E-state index in [4.69, 9.17) is 5.11 Å². The zero-order valence-electron chi connectivity index (χ0n) is 6.26. The van der Waals surface area contributed by atoms with Gasteiger partial charge in [0.2, 0.25) is 6.17 Å². The average Bonchev–Trinajstić information content (AvgIpc) is 2.31. The van der Waals surface area contributed by atoms with Gasteiger partial charge in [0.1, 0.15) is 0 Å². The molecule has 1 aromatic rings. The standard InChI is InChI=1S/C7H5Br2FO2S/c8-4-1-3(13-6(4)9)2-5(10)7(11)12/h1,5H,2H2,(H,11,12). The quantitative estimate of drug-likeness (QED) is 0.923. The largest absolute Gasteiger partial charge is 0.479 e. The van der Waals surface area contributed by atoms with Crippen LogP contribution >= 0.6 is 43.2 Å². The number of halogens is 3. The SMILES string of the molecule is O=C(O)C(F)Cc1cc(Br)c(Br)s1. The Morgan fingerprint density at radius 1 is 1.69 bits per heavy atom. The first kappa shape index (κ1) is 11.1. The molecule has 0 saturated heterocycles. The number of carboxylic acids is 1. The van der Waals surface area contributed by atoms with Crippen LogP contribution in [0.15, 0.2) is 14.3 Å². The van der Waals surface area contributed by atoms with Gasteiger partial charge < -0.3 is 5.11 Å². The van der Waals surface area contributed by atoms with Crippen LogP contribution in [0.1, 0.15) is 4.88 Å². The maximum Gasteiger partial charge on any atom is 0.338 e. The van der Waals surface area contributed by atoms with E-state index in [1.54, 1.807) is 6.07 Å².